The quantitative estimate of drug-likeness (QED) is 0.525. The highest BCUT2D eigenvalue weighted by atomic mass is 35.5. The number of alkyl halides is 3. The summed E-state index contributed by atoms with van der Waals surface area (Å²) in [5.74, 6) is -0.712. The number of halogens is 4. The number of carbonyl (C=O) groups excluding carboxylic acids is 1. The van der Waals surface area contributed by atoms with Crippen LogP contribution in [0.15, 0.2) is 42.6 Å². The fourth-order valence-corrected chi connectivity index (χ4v) is 1.69. The first-order valence-electron chi connectivity index (χ1n) is 5.65. The molecule has 21 heavy (non-hydrogen) atoms. The molecule has 0 saturated heterocycles. The standard InChI is InChI=1S/C13H8ClF3N2O2/c14-11-5-4-8(7-19(11)21)12(20)18-10-3-1-2-9(6-10)13(15,16)17/h1-7H,(H,18,20). The van der Waals surface area contributed by atoms with Gasteiger partial charge in [-0.15, -0.1) is 0 Å². The summed E-state index contributed by atoms with van der Waals surface area (Å²) < 4.78 is 37.9. The number of anilines is 1. The van der Waals surface area contributed by atoms with Crippen LogP contribution in [-0.2, 0) is 6.18 Å². The summed E-state index contributed by atoms with van der Waals surface area (Å²) in [5.41, 5.74) is -0.927. The Kier molecular flexibility index (Phi) is 4.04. The monoisotopic (exact) mass is 316 g/mol. The molecular weight excluding hydrogens is 309 g/mol. The Labute approximate surface area is 122 Å². The van der Waals surface area contributed by atoms with Crippen molar-refractivity contribution in [1.29, 1.82) is 0 Å². The first kappa shape index (κ1) is 15.1. The SMILES string of the molecule is O=C(Nc1cccc(C(F)(F)F)c1)c1ccc(Cl)[n+]([O-])c1. The van der Waals surface area contributed by atoms with Crippen molar-refractivity contribution < 1.29 is 22.7 Å². The van der Waals surface area contributed by atoms with Gasteiger partial charge in [0.2, 0.25) is 0 Å². The molecule has 4 nitrogen and oxygen atoms in total. The number of nitrogens with zero attached hydrogens (tertiary/aromatic N) is 1. The van der Waals surface area contributed by atoms with Crippen molar-refractivity contribution >= 4 is 23.2 Å². The van der Waals surface area contributed by atoms with Crippen molar-refractivity contribution in [1.82, 2.24) is 0 Å². The van der Waals surface area contributed by atoms with Gasteiger partial charge in [-0.2, -0.15) is 17.9 Å². The number of aromatic nitrogens is 1. The Hall–Kier alpha value is -2.28. The summed E-state index contributed by atoms with van der Waals surface area (Å²) >= 11 is 5.51. The third-order valence-electron chi connectivity index (χ3n) is 2.58. The van der Waals surface area contributed by atoms with Gasteiger partial charge in [-0.05, 0) is 35.9 Å². The molecule has 0 bridgehead atoms. The number of rotatable bonds is 2. The maximum absolute atomic E-state index is 12.6. The summed E-state index contributed by atoms with van der Waals surface area (Å²) in [7, 11) is 0. The van der Waals surface area contributed by atoms with Gasteiger partial charge in [0, 0.05) is 11.8 Å². The molecule has 0 fully saturated rings. The third kappa shape index (κ3) is 3.63. The minimum atomic E-state index is -4.50. The number of amides is 1. The van der Waals surface area contributed by atoms with Crippen molar-refractivity contribution in [3.63, 3.8) is 0 Å². The zero-order valence-electron chi connectivity index (χ0n) is 10.3. The molecule has 1 N–H and O–H groups in total. The lowest BCUT2D eigenvalue weighted by Gasteiger charge is -2.09. The Morgan fingerprint density at radius 2 is 1.95 bits per heavy atom. The van der Waals surface area contributed by atoms with E-state index in [1.807, 2.05) is 0 Å². The van der Waals surface area contributed by atoms with Crippen LogP contribution in [0.4, 0.5) is 18.9 Å². The Morgan fingerprint density at radius 1 is 1.24 bits per heavy atom. The summed E-state index contributed by atoms with van der Waals surface area (Å²) in [4.78, 5) is 11.9. The normalized spacial score (nSPS) is 11.2. The van der Waals surface area contributed by atoms with Gasteiger partial charge >= 0.3 is 6.18 Å². The first-order valence-corrected chi connectivity index (χ1v) is 6.02. The van der Waals surface area contributed by atoms with Crippen molar-refractivity contribution in [3.8, 4) is 0 Å². The van der Waals surface area contributed by atoms with E-state index >= 15 is 0 Å². The molecule has 0 spiro atoms. The molecule has 1 amide bonds. The fraction of sp³-hybridized carbons (Fsp3) is 0.0769. The van der Waals surface area contributed by atoms with E-state index in [1.165, 1.54) is 24.3 Å². The molecule has 0 aliphatic heterocycles. The average Bonchev–Trinajstić information content (AvgIpc) is 2.41. The molecule has 0 aliphatic carbocycles. The van der Waals surface area contributed by atoms with Crippen molar-refractivity contribution in [3.05, 3.63) is 64.1 Å². The largest absolute Gasteiger partial charge is 0.618 e. The van der Waals surface area contributed by atoms with Gasteiger partial charge in [-0.1, -0.05) is 6.07 Å². The topological polar surface area (TPSA) is 56.0 Å². The molecular formula is C13H8ClF3N2O2. The predicted octanol–water partition coefficient (Wildman–Crippen LogP) is 3.24. The van der Waals surface area contributed by atoms with E-state index in [0.717, 1.165) is 18.3 Å². The molecule has 0 unspecified atom stereocenters. The molecule has 0 aliphatic rings. The van der Waals surface area contributed by atoms with Crippen LogP contribution < -0.4 is 10.0 Å². The molecule has 1 heterocycles. The van der Waals surface area contributed by atoms with E-state index in [4.69, 9.17) is 11.6 Å². The van der Waals surface area contributed by atoms with Crippen LogP contribution in [0.25, 0.3) is 0 Å². The summed E-state index contributed by atoms with van der Waals surface area (Å²) in [6.07, 6.45) is -3.57. The number of hydrogen-bond donors (Lipinski definition) is 1. The number of carbonyl (C=O) groups is 1. The molecule has 2 rings (SSSR count). The van der Waals surface area contributed by atoms with Gasteiger partial charge in [0.25, 0.3) is 11.1 Å². The Balaban J connectivity index is 2.21. The van der Waals surface area contributed by atoms with Crippen LogP contribution >= 0.6 is 11.6 Å². The minimum absolute atomic E-state index is 0.0215. The van der Waals surface area contributed by atoms with Crippen LogP contribution in [-0.4, -0.2) is 5.91 Å². The Bertz CT molecular complexity index is 689. The van der Waals surface area contributed by atoms with Gasteiger partial charge in [0.05, 0.1) is 5.56 Å². The zero-order chi connectivity index (χ0) is 15.6. The van der Waals surface area contributed by atoms with E-state index in [-0.39, 0.29) is 21.1 Å². The molecule has 8 heteroatoms. The van der Waals surface area contributed by atoms with Gasteiger partial charge in [0.15, 0.2) is 6.20 Å². The molecule has 1 aromatic carbocycles. The van der Waals surface area contributed by atoms with Gasteiger partial charge < -0.3 is 10.5 Å². The van der Waals surface area contributed by atoms with E-state index in [0.29, 0.717) is 0 Å². The Morgan fingerprint density at radius 3 is 2.57 bits per heavy atom. The lowest BCUT2D eigenvalue weighted by molar-refractivity contribution is -0.603. The second kappa shape index (κ2) is 5.61. The summed E-state index contributed by atoms with van der Waals surface area (Å²) in [6.45, 7) is 0. The third-order valence-corrected chi connectivity index (χ3v) is 2.87. The molecule has 1 aromatic heterocycles. The van der Waals surface area contributed by atoms with Crippen LogP contribution in [0.2, 0.25) is 5.15 Å². The lowest BCUT2D eigenvalue weighted by Crippen LogP contribution is -2.29. The highest BCUT2D eigenvalue weighted by Gasteiger charge is 2.30. The lowest BCUT2D eigenvalue weighted by atomic mass is 10.2. The van der Waals surface area contributed by atoms with Gasteiger partial charge in [0.1, 0.15) is 5.56 Å². The van der Waals surface area contributed by atoms with Crippen LogP contribution in [0.5, 0.6) is 0 Å². The second-order valence-corrected chi connectivity index (χ2v) is 4.49. The average molecular weight is 317 g/mol. The van der Waals surface area contributed by atoms with E-state index < -0.39 is 17.6 Å². The minimum Gasteiger partial charge on any atom is -0.618 e. The van der Waals surface area contributed by atoms with Crippen molar-refractivity contribution in [2.24, 2.45) is 0 Å². The predicted molar refractivity (Wildman–Crippen MR) is 69.8 cm³/mol. The smallest absolute Gasteiger partial charge is 0.416 e. The van der Waals surface area contributed by atoms with Gasteiger partial charge in [-0.3, -0.25) is 4.79 Å². The highest BCUT2D eigenvalue weighted by molar-refractivity contribution is 6.28. The molecule has 0 radical (unpaired) electrons. The van der Waals surface area contributed by atoms with E-state index in [1.54, 1.807) is 0 Å². The van der Waals surface area contributed by atoms with Crippen LogP contribution in [0, 0.1) is 5.21 Å². The van der Waals surface area contributed by atoms with E-state index in [9.17, 15) is 23.2 Å². The molecule has 2 aromatic rings. The summed E-state index contributed by atoms with van der Waals surface area (Å²) in [5, 5.41) is 13.4. The molecule has 0 saturated carbocycles. The van der Waals surface area contributed by atoms with Crippen molar-refractivity contribution in [2.75, 3.05) is 5.32 Å². The highest BCUT2D eigenvalue weighted by Crippen LogP contribution is 2.30. The maximum Gasteiger partial charge on any atom is 0.416 e. The molecule has 0 atom stereocenters. The molecule has 110 valence electrons. The number of nitrogens with one attached hydrogen (secondary N) is 1. The first-order chi connectivity index (χ1) is 9.77. The second-order valence-electron chi connectivity index (χ2n) is 4.10. The van der Waals surface area contributed by atoms with Crippen LogP contribution in [0.1, 0.15) is 15.9 Å². The zero-order valence-corrected chi connectivity index (χ0v) is 11.1. The van der Waals surface area contributed by atoms with Crippen LogP contribution in [0.3, 0.4) is 0 Å². The van der Waals surface area contributed by atoms with Crippen molar-refractivity contribution in [2.45, 2.75) is 6.18 Å². The van der Waals surface area contributed by atoms with E-state index in [2.05, 4.69) is 5.32 Å². The summed E-state index contributed by atoms with van der Waals surface area (Å²) in [6, 6.07) is 6.69. The number of benzene rings is 1. The maximum atomic E-state index is 12.6. The van der Waals surface area contributed by atoms with Gasteiger partial charge in [-0.25, -0.2) is 0 Å². The number of pyridine rings is 1. The fourth-order valence-electron chi connectivity index (χ4n) is 1.57. The number of hydrogen-bond acceptors (Lipinski definition) is 2.